The van der Waals surface area contributed by atoms with E-state index in [2.05, 4.69) is 20.8 Å². The molecule has 3 heterocycles. The molecule has 0 aliphatic carbocycles. The maximum absolute atomic E-state index is 13.3. The number of anilines is 2. The predicted molar refractivity (Wildman–Crippen MR) is 196 cm³/mol. The Kier molecular flexibility index (Phi) is 10.0. The van der Waals surface area contributed by atoms with E-state index >= 15 is 0 Å². The normalized spacial score (nSPS) is 16.9. The summed E-state index contributed by atoms with van der Waals surface area (Å²) >= 11 is 0. The molecular formula is C41H40N6O4. The Morgan fingerprint density at radius 3 is 1.53 bits per heavy atom. The highest BCUT2D eigenvalue weighted by Gasteiger charge is 2.35. The van der Waals surface area contributed by atoms with Gasteiger partial charge in [-0.2, -0.15) is 5.10 Å². The molecule has 7 rings (SSSR count). The van der Waals surface area contributed by atoms with Gasteiger partial charge in [0.05, 0.1) is 24.7 Å². The Bertz CT molecular complexity index is 1850. The minimum absolute atomic E-state index is 0.0384. The van der Waals surface area contributed by atoms with Crippen LogP contribution in [-0.4, -0.2) is 68.8 Å². The first-order valence-corrected chi connectivity index (χ1v) is 17.5. The lowest BCUT2D eigenvalue weighted by Gasteiger charge is -2.24. The summed E-state index contributed by atoms with van der Waals surface area (Å²) in [5.41, 5.74) is 6.67. The molecule has 4 amide bonds. The molecule has 51 heavy (non-hydrogen) atoms. The third-order valence-corrected chi connectivity index (χ3v) is 9.69. The second kappa shape index (κ2) is 15.2. The maximum Gasteiger partial charge on any atom is 0.247 e. The molecule has 0 unspecified atom stereocenters. The quantitative estimate of drug-likeness (QED) is 0.165. The molecule has 1 aromatic heterocycles. The van der Waals surface area contributed by atoms with Crippen molar-refractivity contribution in [1.82, 2.24) is 20.0 Å². The molecule has 2 fully saturated rings. The summed E-state index contributed by atoms with van der Waals surface area (Å²) < 4.78 is 0. The monoisotopic (exact) mass is 680 g/mol. The third kappa shape index (κ3) is 7.75. The first-order valence-electron chi connectivity index (χ1n) is 17.5. The van der Waals surface area contributed by atoms with E-state index in [0.717, 1.165) is 46.4 Å². The molecule has 0 spiro atoms. The van der Waals surface area contributed by atoms with Gasteiger partial charge in [0.25, 0.3) is 0 Å². The van der Waals surface area contributed by atoms with Gasteiger partial charge in [0, 0.05) is 35.6 Å². The van der Waals surface area contributed by atoms with Crippen LogP contribution in [0.15, 0.2) is 115 Å². The van der Waals surface area contributed by atoms with E-state index in [1.165, 1.54) is 0 Å². The second-order valence-electron chi connectivity index (χ2n) is 13.1. The molecule has 0 radical (unpaired) electrons. The fourth-order valence-corrected chi connectivity index (χ4v) is 7.05. The van der Waals surface area contributed by atoms with Gasteiger partial charge < -0.3 is 20.4 Å². The highest BCUT2D eigenvalue weighted by molar-refractivity contribution is 5.99. The summed E-state index contributed by atoms with van der Waals surface area (Å²) in [5, 5.41) is 13.4. The van der Waals surface area contributed by atoms with Gasteiger partial charge in [0.2, 0.25) is 23.6 Å². The van der Waals surface area contributed by atoms with Gasteiger partial charge in [-0.1, -0.05) is 84.9 Å². The molecule has 5 aromatic rings. The van der Waals surface area contributed by atoms with Crippen molar-refractivity contribution in [3.8, 4) is 22.4 Å². The Balaban J connectivity index is 0.958. The highest BCUT2D eigenvalue weighted by atomic mass is 16.2. The summed E-state index contributed by atoms with van der Waals surface area (Å²) in [7, 11) is 0. The minimum Gasteiger partial charge on any atom is -0.330 e. The summed E-state index contributed by atoms with van der Waals surface area (Å²) in [4.78, 5) is 55.9. The smallest absolute Gasteiger partial charge is 0.247 e. The number of benzene rings is 4. The first-order chi connectivity index (χ1) is 24.9. The molecule has 4 aromatic carbocycles. The molecule has 0 saturated carbocycles. The molecule has 258 valence electrons. The summed E-state index contributed by atoms with van der Waals surface area (Å²) in [6, 6.07) is 33.3. The lowest BCUT2D eigenvalue weighted by Crippen LogP contribution is -2.43. The zero-order valence-electron chi connectivity index (χ0n) is 28.3. The van der Waals surface area contributed by atoms with Crippen molar-refractivity contribution in [2.45, 2.75) is 50.6 Å². The van der Waals surface area contributed by atoms with E-state index in [4.69, 9.17) is 0 Å². The summed E-state index contributed by atoms with van der Waals surface area (Å²) in [6.45, 7) is 1.16. The number of carbonyl (C=O) groups is 4. The molecular weight excluding hydrogens is 640 g/mol. The van der Waals surface area contributed by atoms with Gasteiger partial charge in [-0.15, -0.1) is 0 Å². The number of H-pyrrole nitrogens is 1. The van der Waals surface area contributed by atoms with Crippen molar-refractivity contribution in [2.75, 3.05) is 23.7 Å². The maximum atomic E-state index is 13.3. The summed E-state index contributed by atoms with van der Waals surface area (Å²) in [6.07, 6.45) is 5.18. The third-order valence-electron chi connectivity index (χ3n) is 9.69. The fraction of sp³-hybridized carbons (Fsp3) is 0.244. The number of rotatable bonds is 10. The molecule has 3 N–H and O–H groups in total. The zero-order valence-corrected chi connectivity index (χ0v) is 28.3. The van der Waals surface area contributed by atoms with Crippen LogP contribution in [0, 0.1) is 0 Å². The number of likely N-dealkylation sites (tertiary alicyclic amines) is 2. The Morgan fingerprint density at radius 1 is 0.608 bits per heavy atom. The minimum atomic E-state index is -0.493. The predicted octanol–water partition coefficient (Wildman–Crippen LogP) is 6.09. The van der Waals surface area contributed by atoms with Crippen LogP contribution in [0.1, 0.15) is 36.8 Å². The second-order valence-corrected chi connectivity index (χ2v) is 13.1. The van der Waals surface area contributed by atoms with Crippen molar-refractivity contribution in [3.63, 3.8) is 0 Å². The van der Waals surface area contributed by atoms with E-state index < -0.39 is 12.1 Å². The number of hydrogen-bond acceptors (Lipinski definition) is 5. The number of aromatic nitrogens is 2. The van der Waals surface area contributed by atoms with Crippen LogP contribution in [0.4, 0.5) is 11.4 Å². The first kappa shape index (κ1) is 33.5. The van der Waals surface area contributed by atoms with Gasteiger partial charge in [0.1, 0.15) is 12.1 Å². The average Bonchev–Trinajstić information content (AvgIpc) is 3.95. The van der Waals surface area contributed by atoms with Gasteiger partial charge in [-0.3, -0.25) is 24.3 Å². The van der Waals surface area contributed by atoms with Crippen molar-refractivity contribution in [2.24, 2.45) is 0 Å². The lowest BCUT2D eigenvalue weighted by atomic mass is 10.0. The van der Waals surface area contributed by atoms with E-state index in [1.54, 1.807) is 16.0 Å². The van der Waals surface area contributed by atoms with Crippen LogP contribution in [0.25, 0.3) is 22.4 Å². The Labute approximate surface area is 296 Å². The number of hydrogen-bond donors (Lipinski definition) is 3. The van der Waals surface area contributed by atoms with Crippen molar-refractivity contribution < 1.29 is 19.2 Å². The van der Waals surface area contributed by atoms with E-state index in [1.807, 2.05) is 109 Å². The van der Waals surface area contributed by atoms with Crippen LogP contribution in [0.2, 0.25) is 0 Å². The molecule has 2 aliphatic rings. The Morgan fingerprint density at radius 2 is 1.06 bits per heavy atom. The van der Waals surface area contributed by atoms with E-state index in [-0.39, 0.29) is 36.5 Å². The molecule has 10 heteroatoms. The number of amides is 4. The number of aromatic amines is 1. The number of carbonyl (C=O) groups excluding carboxylic acids is 4. The van der Waals surface area contributed by atoms with Crippen molar-refractivity contribution in [1.29, 1.82) is 0 Å². The van der Waals surface area contributed by atoms with Crippen LogP contribution in [-0.2, 0) is 32.0 Å². The van der Waals surface area contributed by atoms with Crippen molar-refractivity contribution in [3.05, 3.63) is 127 Å². The Hall–Kier alpha value is -6.03. The SMILES string of the molecule is O=C(Nc1ccc(-c2cn[nH]c2-c2ccc(NC(=O)[C@@H]3CCCN3C(=O)Cc3ccccc3)cc2)cc1)[C@@H]1CCCN1C(=O)Cc1ccccc1. The highest BCUT2D eigenvalue weighted by Crippen LogP contribution is 2.32. The van der Waals surface area contributed by atoms with Crippen molar-refractivity contribution >= 4 is 35.0 Å². The summed E-state index contributed by atoms with van der Waals surface area (Å²) in [5.74, 6) is -0.445. The molecule has 2 atom stereocenters. The van der Waals surface area contributed by atoms with Gasteiger partial charge in [-0.25, -0.2) is 0 Å². The topological polar surface area (TPSA) is 128 Å². The largest absolute Gasteiger partial charge is 0.330 e. The van der Waals surface area contributed by atoms with Gasteiger partial charge in [-0.05, 0) is 66.6 Å². The molecule has 0 bridgehead atoms. The van der Waals surface area contributed by atoms with Crippen LogP contribution in [0.5, 0.6) is 0 Å². The van der Waals surface area contributed by atoms with E-state index in [0.29, 0.717) is 37.3 Å². The fourth-order valence-electron chi connectivity index (χ4n) is 7.05. The van der Waals surface area contributed by atoms with E-state index in [9.17, 15) is 19.2 Å². The molecule has 2 saturated heterocycles. The van der Waals surface area contributed by atoms with Gasteiger partial charge in [0.15, 0.2) is 0 Å². The number of nitrogens with zero attached hydrogens (tertiary/aromatic N) is 3. The lowest BCUT2D eigenvalue weighted by molar-refractivity contribution is -0.136. The molecule has 10 nitrogen and oxygen atoms in total. The average molecular weight is 681 g/mol. The van der Waals surface area contributed by atoms with Crippen LogP contribution in [0.3, 0.4) is 0 Å². The number of nitrogens with one attached hydrogen (secondary N) is 3. The van der Waals surface area contributed by atoms with Gasteiger partial charge >= 0.3 is 0 Å². The van der Waals surface area contributed by atoms with Crippen LogP contribution < -0.4 is 10.6 Å². The standard InChI is InChI=1S/C41H40N6O4/c48-37(25-28-9-3-1-4-10-28)46-23-7-13-35(46)40(50)43-32-19-15-30(16-20-32)34-27-42-45-39(34)31-17-21-33(22-18-31)44-41(51)36-14-8-24-47(36)38(49)26-29-11-5-2-6-12-29/h1-6,9-12,15-22,27,35-36H,7-8,13-14,23-26H2,(H,42,45)(H,43,50)(H,44,51)/t35-,36-/m0/s1. The zero-order chi connectivity index (χ0) is 35.2. The van der Waals surface area contributed by atoms with Crippen LogP contribution >= 0.6 is 0 Å². The molecule has 2 aliphatic heterocycles.